The minimum absolute atomic E-state index is 0.113. The first-order valence-corrected chi connectivity index (χ1v) is 23.4. The van der Waals surface area contributed by atoms with Gasteiger partial charge in [0.15, 0.2) is 5.82 Å². The van der Waals surface area contributed by atoms with Gasteiger partial charge in [-0.2, -0.15) is 0 Å². The van der Waals surface area contributed by atoms with Gasteiger partial charge in [-0.15, -0.1) is 0 Å². The van der Waals surface area contributed by atoms with Gasteiger partial charge in [-0.25, -0.2) is 19.2 Å². The number of nitrogen functional groups attached to an aromatic ring is 1. The summed E-state index contributed by atoms with van der Waals surface area (Å²) in [4.78, 5) is 69.4. The first-order chi connectivity index (χ1) is 32.0. The molecular weight excluding hydrogens is 838 g/mol. The Labute approximate surface area is 383 Å². The number of carbonyl (C=O) groups is 3. The highest BCUT2D eigenvalue weighted by Gasteiger charge is 2.33. The molecule has 10 rings (SSSR count). The zero-order valence-corrected chi connectivity index (χ0v) is 37.8. The summed E-state index contributed by atoms with van der Waals surface area (Å²) >= 11 is 0. The van der Waals surface area contributed by atoms with E-state index in [9.17, 15) is 19.2 Å². The minimum atomic E-state index is -0.854. The normalized spacial score (nSPS) is 19.9. The number of nitrogens with two attached hydrogens (primary N) is 1. The lowest BCUT2D eigenvalue weighted by Crippen LogP contribution is -2.48. The maximum atomic E-state index is 16.0. The van der Waals surface area contributed by atoms with Crippen LogP contribution in [-0.2, 0) is 36.8 Å². The van der Waals surface area contributed by atoms with Crippen LogP contribution in [0, 0.1) is 11.7 Å². The number of fused-ring (bicyclic) bond motifs is 2. The molecule has 3 N–H and O–H groups in total. The summed E-state index contributed by atoms with van der Waals surface area (Å²) in [7, 11) is 3.61. The van der Waals surface area contributed by atoms with E-state index in [1.807, 2.05) is 47.6 Å². The Morgan fingerprint density at radius 3 is 2.23 bits per heavy atom. The fraction of sp³-hybridized carbons (Fsp3) is 0.440. The number of benzene rings is 2. The number of imide groups is 1. The molecule has 0 radical (unpaired) electrons. The van der Waals surface area contributed by atoms with E-state index in [1.165, 1.54) is 27.4 Å². The third kappa shape index (κ3) is 8.53. The molecule has 4 aliphatic rings. The van der Waals surface area contributed by atoms with Gasteiger partial charge in [0.05, 0.1) is 5.52 Å². The number of pyridine rings is 2. The van der Waals surface area contributed by atoms with Crippen molar-refractivity contribution in [2.24, 2.45) is 20.0 Å². The van der Waals surface area contributed by atoms with Gasteiger partial charge in [0.25, 0.3) is 5.91 Å². The topological polar surface area (TPSA) is 160 Å². The van der Waals surface area contributed by atoms with Crippen molar-refractivity contribution in [1.82, 2.24) is 48.6 Å². The number of hydrogen-bond acceptors (Lipinski definition) is 10. The van der Waals surface area contributed by atoms with Crippen molar-refractivity contribution in [2.45, 2.75) is 63.6 Å². The molecule has 344 valence electrons. The van der Waals surface area contributed by atoms with Crippen LogP contribution in [0.2, 0.25) is 0 Å². The molecule has 8 heterocycles. The zero-order chi connectivity index (χ0) is 45.6. The smallest absolute Gasteiger partial charge is 0.329 e. The number of piperazine rings is 1. The molecule has 0 bridgehead atoms. The molecule has 6 aromatic rings. The predicted octanol–water partition coefficient (Wildman–Crippen LogP) is 5.04. The molecule has 3 amide bonds. The largest absolute Gasteiger partial charge is 0.384 e. The van der Waals surface area contributed by atoms with Crippen molar-refractivity contribution >= 4 is 45.6 Å². The molecule has 4 saturated heterocycles. The first kappa shape index (κ1) is 43.7. The van der Waals surface area contributed by atoms with Gasteiger partial charge in [0, 0.05) is 120 Å². The number of anilines is 1. The van der Waals surface area contributed by atoms with Crippen LogP contribution < -0.4 is 16.7 Å². The van der Waals surface area contributed by atoms with E-state index in [0.29, 0.717) is 35.3 Å². The number of likely N-dealkylation sites (tertiary alicyclic amines) is 2. The summed E-state index contributed by atoms with van der Waals surface area (Å²) in [6, 6.07) is 19.1. The van der Waals surface area contributed by atoms with Crippen molar-refractivity contribution in [1.29, 1.82) is 0 Å². The molecule has 2 aromatic carbocycles. The van der Waals surface area contributed by atoms with Gasteiger partial charge >= 0.3 is 5.69 Å². The number of carbonyl (C=O) groups excluding carboxylic acids is 3. The number of hydrogen-bond donors (Lipinski definition) is 2. The van der Waals surface area contributed by atoms with Gasteiger partial charge in [-0.05, 0) is 111 Å². The number of piperidine rings is 3. The quantitative estimate of drug-likeness (QED) is 0.179. The monoisotopic (exact) mass is 895 g/mol. The molecule has 1 unspecified atom stereocenters. The maximum Gasteiger partial charge on any atom is 0.329 e. The average molecular weight is 896 g/mol. The number of rotatable bonds is 10. The SMILES string of the molecule is Cn1c(CN2CCC(c3ccc(C(=O)N4CCC(CN5CCN(Cc6ccc7c(c6F)n(C)c(=O)n7C6CCC(=O)NC6=O)CC5)CC4)cc3)CC2)cc2c(-c3ccc(N)nc3)ccnc21. The van der Waals surface area contributed by atoms with Gasteiger partial charge in [-0.3, -0.25) is 38.6 Å². The number of amides is 3. The van der Waals surface area contributed by atoms with Crippen molar-refractivity contribution in [3.63, 3.8) is 0 Å². The van der Waals surface area contributed by atoms with E-state index < -0.39 is 23.5 Å². The molecule has 0 saturated carbocycles. The van der Waals surface area contributed by atoms with Gasteiger partial charge in [-0.1, -0.05) is 18.2 Å². The van der Waals surface area contributed by atoms with E-state index >= 15 is 4.39 Å². The first-order valence-electron chi connectivity index (χ1n) is 23.4. The molecule has 0 spiro atoms. The van der Waals surface area contributed by atoms with E-state index in [2.05, 4.69) is 54.8 Å². The molecule has 66 heavy (non-hydrogen) atoms. The number of aromatic nitrogens is 5. The summed E-state index contributed by atoms with van der Waals surface area (Å²) in [6.07, 6.45) is 8.10. The van der Waals surface area contributed by atoms with E-state index in [-0.39, 0.29) is 30.2 Å². The Hall–Kier alpha value is -6.23. The minimum Gasteiger partial charge on any atom is -0.384 e. The molecule has 16 heteroatoms. The number of nitrogens with zero attached hydrogens (tertiary/aromatic N) is 9. The lowest BCUT2D eigenvalue weighted by Gasteiger charge is -2.39. The highest BCUT2D eigenvalue weighted by molar-refractivity contribution is 6.00. The van der Waals surface area contributed by atoms with Crippen molar-refractivity contribution in [3.8, 4) is 11.1 Å². The number of halogens is 1. The Morgan fingerprint density at radius 1 is 0.788 bits per heavy atom. The molecule has 4 aliphatic heterocycles. The number of imidazole rings is 1. The second-order valence-electron chi connectivity index (χ2n) is 18.8. The standard InChI is InChI=1S/C50H58FN11O4/c1-56-38(27-40-39(13-18-53-47(40)56)36-8-11-43(52)54-28-36)31-58-19-16-34(17-20-58)33-3-5-35(6-4-33)49(65)61-21-14-32(15-22-61)29-59-23-25-60(26-24-59)30-37-7-9-41-46(45(37)51)57(2)50(66)62(41)42-10-12-44(63)55-48(42)64/h3-9,11,13,18,27-28,32,34,42H,10,12,14-17,19-26,29-31H2,1-2H3,(H2,52,54)(H,55,63,64). The third-order valence-electron chi connectivity index (χ3n) is 14.8. The summed E-state index contributed by atoms with van der Waals surface area (Å²) in [5, 5.41) is 3.42. The van der Waals surface area contributed by atoms with Gasteiger partial charge in [0.2, 0.25) is 11.8 Å². The Morgan fingerprint density at radius 2 is 1.52 bits per heavy atom. The van der Waals surface area contributed by atoms with Gasteiger partial charge < -0.3 is 20.1 Å². The summed E-state index contributed by atoms with van der Waals surface area (Å²) in [6.45, 7) is 9.16. The number of aryl methyl sites for hydroxylation is 2. The lowest BCUT2D eigenvalue weighted by atomic mass is 9.88. The average Bonchev–Trinajstić information content (AvgIpc) is 3.79. The maximum absolute atomic E-state index is 16.0. The van der Waals surface area contributed by atoms with E-state index in [1.54, 1.807) is 12.1 Å². The van der Waals surface area contributed by atoms with Crippen LogP contribution in [0.4, 0.5) is 10.2 Å². The summed E-state index contributed by atoms with van der Waals surface area (Å²) in [5.74, 6) is 0.248. The summed E-state index contributed by atoms with van der Waals surface area (Å²) in [5.41, 5.74) is 12.8. The van der Waals surface area contributed by atoms with Crippen molar-refractivity contribution in [3.05, 3.63) is 112 Å². The molecular formula is C50H58FN11O4. The molecule has 4 aromatic heterocycles. The van der Waals surface area contributed by atoms with Crippen LogP contribution in [0.5, 0.6) is 0 Å². The van der Waals surface area contributed by atoms with Crippen LogP contribution in [0.25, 0.3) is 33.2 Å². The van der Waals surface area contributed by atoms with Crippen LogP contribution in [-0.4, -0.2) is 120 Å². The Bertz CT molecular complexity index is 2850. The fourth-order valence-corrected chi connectivity index (χ4v) is 10.8. The van der Waals surface area contributed by atoms with E-state index in [0.717, 1.165) is 119 Å². The molecule has 0 aliphatic carbocycles. The zero-order valence-electron chi connectivity index (χ0n) is 37.8. The molecule has 4 fully saturated rings. The Balaban J connectivity index is 0.669. The lowest BCUT2D eigenvalue weighted by molar-refractivity contribution is -0.135. The van der Waals surface area contributed by atoms with E-state index in [4.69, 9.17) is 10.7 Å². The van der Waals surface area contributed by atoms with Crippen LogP contribution in [0.3, 0.4) is 0 Å². The molecule has 1 atom stereocenters. The van der Waals surface area contributed by atoms with Gasteiger partial charge in [0.1, 0.15) is 23.0 Å². The van der Waals surface area contributed by atoms with Crippen LogP contribution >= 0.6 is 0 Å². The summed E-state index contributed by atoms with van der Waals surface area (Å²) < 4.78 is 20.8. The second kappa shape index (κ2) is 18.2. The highest BCUT2D eigenvalue weighted by Crippen LogP contribution is 2.33. The van der Waals surface area contributed by atoms with Crippen LogP contribution in [0.1, 0.15) is 77.7 Å². The van der Waals surface area contributed by atoms with Crippen molar-refractivity contribution < 1.29 is 18.8 Å². The molecule has 15 nitrogen and oxygen atoms in total. The second-order valence-corrected chi connectivity index (χ2v) is 18.8. The fourth-order valence-electron chi connectivity index (χ4n) is 10.8. The van der Waals surface area contributed by atoms with Crippen molar-refractivity contribution in [2.75, 3.05) is 64.6 Å². The Kier molecular flexibility index (Phi) is 12.0. The third-order valence-corrected chi connectivity index (χ3v) is 14.8. The van der Waals surface area contributed by atoms with Crippen LogP contribution in [0.15, 0.2) is 77.9 Å². The predicted molar refractivity (Wildman–Crippen MR) is 251 cm³/mol. The highest BCUT2D eigenvalue weighted by atomic mass is 19.1. The number of nitrogens with one attached hydrogen (secondary N) is 1.